The Kier molecular flexibility index (Phi) is 5.53. The number of hydrogen-bond donors (Lipinski definition) is 1. The number of fused-ring (bicyclic) bond motifs is 1. The lowest BCUT2D eigenvalue weighted by Crippen LogP contribution is -2.48. The van der Waals surface area contributed by atoms with Gasteiger partial charge in [0.2, 0.25) is 6.79 Å². The molecule has 0 aliphatic carbocycles. The van der Waals surface area contributed by atoms with Crippen molar-refractivity contribution < 1.29 is 19.4 Å². The average Bonchev–Trinajstić information content (AvgIpc) is 3.22. The quantitative estimate of drug-likeness (QED) is 0.830. The molecule has 0 unspecified atom stereocenters. The number of amides is 1. The smallest absolute Gasteiger partial charge is 0.254 e. The number of ether oxygens (including phenoxy) is 2. The molecule has 1 amide bonds. The average molecular weight is 381 g/mol. The molecular formula is C23H27NO4. The summed E-state index contributed by atoms with van der Waals surface area (Å²) in [7, 11) is 0. The molecule has 148 valence electrons. The van der Waals surface area contributed by atoms with Gasteiger partial charge in [0.1, 0.15) is 0 Å². The minimum Gasteiger partial charge on any atom is -0.454 e. The van der Waals surface area contributed by atoms with Crippen molar-refractivity contribution in [2.45, 2.75) is 32.1 Å². The van der Waals surface area contributed by atoms with E-state index in [4.69, 9.17) is 9.47 Å². The van der Waals surface area contributed by atoms with E-state index in [0.717, 1.165) is 38.6 Å². The normalized spacial score (nSPS) is 21.0. The molecule has 4 rings (SSSR count). The third kappa shape index (κ3) is 3.99. The first-order chi connectivity index (χ1) is 13.7. The summed E-state index contributed by atoms with van der Waals surface area (Å²) in [6.45, 7) is 1.65. The zero-order chi connectivity index (χ0) is 19.4. The van der Waals surface area contributed by atoms with Crippen molar-refractivity contribution in [3.63, 3.8) is 0 Å². The molecular weight excluding hydrogens is 354 g/mol. The van der Waals surface area contributed by atoms with Crippen molar-refractivity contribution >= 4 is 5.91 Å². The van der Waals surface area contributed by atoms with Gasteiger partial charge >= 0.3 is 0 Å². The molecule has 5 heteroatoms. The number of benzene rings is 2. The Morgan fingerprint density at radius 1 is 1.11 bits per heavy atom. The summed E-state index contributed by atoms with van der Waals surface area (Å²) in [5.74, 6) is 1.30. The maximum atomic E-state index is 13.0. The van der Waals surface area contributed by atoms with Gasteiger partial charge in [-0.2, -0.15) is 0 Å². The Morgan fingerprint density at radius 2 is 1.93 bits per heavy atom. The van der Waals surface area contributed by atoms with E-state index in [2.05, 4.69) is 24.3 Å². The highest BCUT2D eigenvalue weighted by Gasteiger charge is 2.36. The van der Waals surface area contributed by atoms with E-state index in [9.17, 15) is 9.90 Å². The molecule has 1 fully saturated rings. The Morgan fingerprint density at radius 3 is 2.75 bits per heavy atom. The summed E-state index contributed by atoms with van der Waals surface area (Å²) >= 11 is 0. The second-order valence-electron chi connectivity index (χ2n) is 7.90. The van der Waals surface area contributed by atoms with Gasteiger partial charge in [-0.25, -0.2) is 0 Å². The predicted molar refractivity (Wildman–Crippen MR) is 107 cm³/mol. The van der Waals surface area contributed by atoms with Gasteiger partial charge < -0.3 is 19.5 Å². The Hall–Kier alpha value is -2.53. The summed E-state index contributed by atoms with van der Waals surface area (Å²) in [4.78, 5) is 14.9. The van der Waals surface area contributed by atoms with Crippen LogP contribution in [-0.2, 0) is 6.42 Å². The zero-order valence-corrected chi connectivity index (χ0v) is 16.1. The van der Waals surface area contributed by atoms with Gasteiger partial charge in [0.05, 0.1) is 6.61 Å². The number of rotatable bonds is 6. The van der Waals surface area contributed by atoms with Crippen LogP contribution in [0.1, 0.15) is 41.6 Å². The number of aliphatic hydroxyl groups is 1. The van der Waals surface area contributed by atoms with Crippen LogP contribution in [0.4, 0.5) is 0 Å². The lowest BCUT2D eigenvalue weighted by molar-refractivity contribution is 0.0216. The number of hydrogen-bond acceptors (Lipinski definition) is 4. The van der Waals surface area contributed by atoms with E-state index in [1.54, 1.807) is 18.2 Å². The molecule has 5 nitrogen and oxygen atoms in total. The number of nitrogens with zero attached hydrogens (tertiary/aromatic N) is 1. The molecule has 0 bridgehead atoms. The second-order valence-corrected chi connectivity index (χ2v) is 7.90. The van der Waals surface area contributed by atoms with Crippen LogP contribution >= 0.6 is 0 Å². The highest BCUT2D eigenvalue weighted by molar-refractivity contribution is 5.95. The minimum atomic E-state index is -0.209. The summed E-state index contributed by atoms with van der Waals surface area (Å²) in [5, 5.41) is 10.2. The van der Waals surface area contributed by atoms with E-state index < -0.39 is 0 Å². The Balaban J connectivity index is 1.40. The van der Waals surface area contributed by atoms with Gasteiger partial charge in [-0.05, 0) is 55.9 Å². The second kappa shape index (κ2) is 8.23. The fourth-order valence-electron chi connectivity index (χ4n) is 4.32. The maximum Gasteiger partial charge on any atom is 0.254 e. The van der Waals surface area contributed by atoms with Crippen molar-refractivity contribution in [1.82, 2.24) is 4.90 Å². The highest BCUT2D eigenvalue weighted by atomic mass is 16.7. The lowest BCUT2D eigenvalue weighted by atomic mass is 9.76. The largest absolute Gasteiger partial charge is 0.454 e. The number of aryl methyl sites for hydroxylation is 1. The van der Waals surface area contributed by atoms with Crippen LogP contribution in [0.5, 0.6) is 11.5 Å². The van der Waals surface area contributed by atoms with Gasteiger partial charge in [0.25, 0.3) is 5.91 Å². The molecule has 1 N–H and O–H groups in total. The monoisotopic (exact) mass is 381 g/mol. The molecule has 0 saturated carbocycles. The number of piperidine rings is 1. The Labute approximate surface area is 165 Å². The Bertz CT molecular complexity index is 823. The topological polar surface area (TPSA) is 59.0 Å². The van der Waals surface area contributed by atoms with Crippen LogP contribution in [0, 0.1) is 5.41 Å². The highest BCUT2D eigenvalue weighted by Crippen LogP contribution is 2.37. The van der Waals surface area contributed by atoms with Crippen molar-refractivity contribution in [2.24, 2.45) is 5.41 Å². The van der Waals surface area contributed by atoms with Crippen molar-refractivity contribution in [3.8, 4) is 11.5 Å². The first kappa shape index (κ1) is 18.8. The third-order valence-corrected chi connectivity index (χ3v) is 5.92. The van der Waals surface area contributed by atoms with E-state index >= 15 is 0 Å². The van der Waals surface area contributed by atoms with E-state index in [1.165, 1.54) is 5.56 Å². The molecule has 0 spiro atoms. The SMILES string of the molecule is O=C(c1ccc2c(c1)OCO2)N1CCC[C@](CO)(CCCc2ccccc2)C1. The number of carbonyl (C=O) groups is 1. The van der Waals surface area contributed by atoms with E-state index in [1.807, 2.05) is 11.0 Å². The molecule has 2 heterocycles. The van der Waals surface area contributed by atoms with E-state index in [0.29, 0.717) is 23.6 Å². The number of likely N-dealkylation sites (tertiary alicyclic amines) is 1. The van der Waals surface area contributed by atoms with Gasteiger partial charge in [0.15, 0.2) is 11.5 Å². The molecule has 2 aromatic carbocycles. The lowest BCUT2D eigenvalue weighted by Gasteiger charge is -2.42. The van der Waals surface area contributed by atoms with Gasteiger partial charge in [-0.3, -0.25) is 4.79 Å². The molecule has 1 saturated heterocycles. The molecule has 0 radical (unpaired) electrons. The summed E-state index contributed by atoms with van der Waals surface area (Å²) in [6, 6.07) is 15.8. The fraction of sp³-hybridized carbons (Fsp3) is 0.435. The van der Waals surface area contributed by atoms with Crippen LogP contribution in [0.25, 0.3) is 0 Å². The molecule has 2 aliphatic heterocycles. The fourth-order valence-corrected chi connectivity index (χ4v) is 4.32. The van der Waals surface area contributed by atoms with Crippen LogP contribution < -0.4 is 9.47 Å². The molecule has 2 aliphatic rings. The molecule has 28 heavy (non-hydrogen) atoms. The van der Waals surface area contributed by atoms with Gasteiger partial charge in [0, 0.05) is 24.1 Å². The first-order valence-corrected chi connectivity index (χ1v) is 10.0. The van der Waals surface area contributed by atoms with E-state index in [-0.39, 0.29) is 24.7 Å². The standard InChI is InChI=1S/C23H27NO4/c25-16-23(11-4-8-18-6-2-1-3-7-18)12-5-13-24(15-23)22(26)19-9-10-20-21(14-19)28-17-27-20/h1-3,6-7,9-10,14,25H,4-5,8,11-13,15-17H2/t23-/m1/s1. The van der Waals surface area contributed by atoms with Crippen molar-refractivity contribution in [1.29, 1.82) is 0 Å². The van der Waals surface area contributed by atoms with Gasteiger partial charge in [-0.15, -0.1) is 0 Å². The number of aliphatic hydroxyl groups excluding tert-OH is 1. The number of carbonyl (C=O) groups excluding carboxylic acids is 1. The van der Waals surface area contributed by atoms with Crippen LogP contribution in [0.15, 0.2) is 48.5 Å². The van der Waals surface area contributed by atoms with Crippen LogP contribution in [0.3, 0.4) is 0 Å². The van der Waals surface area contributed by atoms with Crippen molar-refractivity contribution in [3.05, 3.63) is 59.7 Å². The zero-order valence-electron chi connectivity index (χ0n) is 16.1. The summed E-state index contributed by atoms with van der Waals surface area (Å²) < 4.78 is 10.7. The minimum absolute atomic E-state index is 0.00103. The summed E-state index contributed by atoms with van der Waals surface area (Å²) in [6.07, 6.45) is 4.81. The molecule has 2 aromatic rings. The van der Waals surface area contributed by atoms with Crippen molar-refractivity contribution in [2.75, 3.05) is 26.5 Å². The van der Waals surface area contributed by atoms with Crippen LogP contribution in [0.2, 0.25) is 0 Å². The third-order valence-electron chi connectivity index (χ3n) is 5.92. The molecule has 0 aromatic heterocycles. The van der Waals surface area contributed by atoms with Gasteiger partial charge in [-0.1, -0.05) is 30.3 Å². The first-order valence-electron chi connectivity index (χ1n) is 10.0. The maximum absolute atomic E-state index is 13.0. The predicted octanol–water partition coefficient (Wildman–Crippen LogP) is 3.65. The van der Waals surface area contributed by atoms with Crippen LogP contribution in [-0.4, -0.2) is 42.4 Å². The molecule has 1 atom stereocenters. The summed E-state index contributed by atoms with van der Waals surface area (Å²) in [5.41, 5.74) is 1.72.